The van der Waals surface area contributed by atoms with Crippen LogP contribution in [0.25, 0.3) is 11.0 Å². The zero-order valence-corrected chi connectivity index (χ0v) is 12.5. The van der Waals surface area contributed by atoms with Crippen LogP contribution in [0.15, 0.2) is 34.7 Å². The van der Waals surface area contributed by atoms with E-state index in [0.29, 0.717) is 11.8 Å². The normalized spacial score (nSPS) is 16.2. The molecule has 4 nitrogen and oxygen atoms in total. The van der Waals surface area contributed by atoms with Gasteiger partial charge in [-0.2, -0.15) is 0 Å². The summed E-state index contributed by atoms with van der Waals surface area (Å²) in [5.74, 6) is 0.489. The summed E-state index contributed by atoms with van der Waals surface area (Å²) in [7, 11) is 0. The predicted octanol–water partition coefficient (Wildman–Crippen LogP) is 3.04. The van der Waals surface area contributed by atoms with Crippen LogP contribution in [0.3, 0.4) is 0 Å². The zero-order valence-electron chi connectivity index (χ0n) is 12.5. The Morgan fingerprint density at radius 2 is 2.10 bits per heavy atom. The second-order valence-electron chi connectivity index (χ2n) is 5.63. The molecule has 1 N–H and O–H groups in total. The summed E-state index contributed by atoms with van der Waals surface area (Å²) < 4.78 is 5.74. The van der Waals surface area contributed by atoms with Gasteiger partial charge in [0.2, 0.25) is 0 Å². The van der Waals surface area contributed by atoms with Gasteiger partial charge in [0, 0.05) is 18.0 Å². The highest BCUT2D eigenvalue weighted by atomic mass is 16.3. The molecular formula is C17H22N2O2. The smallest absolute Gasteiger partial charge is 0.289 e. The average Bonchev–Trinajstić information content (AvgIpc) is 2.97. The van der Waals surface area contributed by atoms with Gasteiger partial charge < -0.3 is 14.6 Å². The van der Waals surface area contributed by atoms with Gasteiger partial charge in [-0.15, -0.1) is 0 Å². The minimum Gasteiger partial charge on any atom is -0.451 e. The van der Waals surface area contributed by atoms with E-state index in [1.165, 1.54) is 0 Å². The third-order valence-corrected chi connectivity index (χ3v) is 4.11. The maximum absolute atomic E-state index is 12.8. The van der Waals surface area contributed by atoms with E-state index in [-0.39, 0.29) is 5.91 Å². The molecular weight excluding hydrogens is 264 g/mol. The number of furan rings is 1. The van der Waals surface area contributed by atoms with Crippen LogP contribution in [0.2, 0.25) is 0 Å². The SMILES string of the molecule is CCCN(C(=O)c1cc2ccccc2o1)C1CCNCC1. The van der Waals surface area contributed by atoms with E-state index in [2.05, 4.69) is 12.2 Å². The lowest BCUT2D eigenvalue weighted by Crippen LogP contribution is -2.46. The first kappa shape index (κ1) is 14.1. The minimum atomic E-state index is 0.0277. The number of rotatable bonds is 4. The van der Waals surface area contributed by atoms with Crippen molar-refractivity contribution in [1.82, 2.24) is 10.2 Å². The monoisotopic (exact) mass is 286 g/mol. The highest BCUT2D eigenvalue weighted by Gasteiger charge is 2.27. The fraction of sp³-hybridized carbons (Fsp3) is 0.471. The molecule has 0 spiro atoms. The van der Waals surface area contributed by atoms with Crippen molar-refractivity contribution in [3.8, 4) is 0 Å². The van der Waals surface area contributed by atoms with Crippen molar-refractivity contribution in [3.63, 3.8) is 0 Å². The van der Waals surface area contributed by atoms with Crippen molar-refractivity contribution in [2.24, 2.45) is 0 Å². The number of hydrogen-bond acceptors (Lipinski definition) is 3. The molecule has 1 fully saturated rings. The third kappa shape index (κ3) is 2.95. The van der Waals surface area contributed by atoms with Gasteiger partial charge in [-0.1, -0.05) is 25.1 Å². The fourth-order valence-electron chi connectivity index (χ4n) is 3.04. The highest BCUT2D eigenvalue weighted by Crippen LogP contribution is 2.22. The Hall–Kier alpha value is -1.81. The molecule has 1 aliphatic rings. The molecule has 0 bridgehead atoms. The quantitative estimate of drug-likeness (QED) is 0.939. The molecule has 0 atom stereocenters. The van der Waals surface area contributed by atoms with Crippen molar-refractivity contribution < 1.29 is 9.21 Å². The Morgan fingerprint density at radius 3 is 2.81 bits per heavy atom. The van der Waals surface area contributed by atoms with Gasteiger partial charge in [0.05, 0.1) is 0 Å². The van der Waals surface area contributed by atoms with E-state index in [4.69, 9.17) is 4.42 Å². The molecule has 3 rings (SSSR count). The van der Waals surface area contributed by atoms with Crippen LogP contribution in [0.4, 0.5) is 0 Å². The number of amides is 1. The lowest BCUT2D eigenvalue weighted by atomic mass is 10.0. The minimum absolute atomic E-state index is 0.0277. The summed E-state index contributed by atoms with van der Waals surface area (Å²) >= 11 is 0. The predicted molar refractivity (Wildman–Crippen MR) is 83.4 cm³/mol. The lowest BCUT2D eigenvalue weighted by molar-refractivity contribution is 0.0612. The molecule has 2 aromatic rings. The van der Waals surface area contributed by atoms with Crippen LogP contribution >= 0.6 is 0 Å². The molecule has 1 aromatic carbocycles. The summed E-state index contributed by atoms with van der Waals surface area (Å²) in [5, 5.41) is 4.34. The van der Waals surface area contributed by atoms with Gasteiger partial charge in [0.15, 0.2) is 5.76 Å². The zero-order chi connectivity index (χ0) is 14.7. The lowest BCUT2D eigenvalue weighted by Gasteiger charge is -2.34. The van der Waals surface area contributed by atoms with Crippen molar-refractivity contribution in [2.75, 3.05) is 19.6 Å². The number of carbonyl (C=O) groups is 1. The number of nitrogens with zero attached hydrogens (tertiary/aromatic N) is 1. The van der Waals surface area contributed by atoms with E-state index in [1.807, 2.05) is 35.2 Å². The highest BCUT2D eigenvalue weighted by molar-refractivity contribution is 5.96. The summed E-state index contributed by atoms with van der Waals surface area (Å²) in [6.45, 7) is 4.87. The maximum atomic E-state index is 12.8. The Morgan fingerprint density at radius 1 is 1.33 bits per heavy atom. The molecule has 1 aliphatic heterocycles. The van der Waals surface area contributed by atoms with E-state index in [1.54, 1.807) is 0 Å². The van der Waals surface area contributed by atoms with E-state index >= 15 is 0 Å². The van der Waals surface area contributed by atoms with Crippen molar-refractivity contribution in [3.05, 3.63) is 36.1 Å². The van der Waals surface area contributed by atoms with Gasteiger partial charge in [0.25, 0.3) is 5.91 Å². The van der Waals surface area contributed by atoms with Crippen molar-refractivity contribution in [2.45, 2.75) is 32.2 Å². The van der Waals surface area contributed by atoms with Crippen LogP contribution in [0.1, 0.15) is 36.7 Å². The van der Waals surface area contributed by atoms with Crippen LogP contribution in [0, 0.1) is 0 Å². The van der Waals surface area contributed by atoms with Crippen molar-refractivity contribution >= 4 is 16.9 Å². The average molecular weight is 286 g/mol. The molecule has 1 amide bonds. The Kier molecular flexibility index (Phi) is 4.25. The first-order chi connectivity index (χ1) is 10.3. The Labute approximate surface area is 125 Å². The van der Waals surface area contributed by atoms with Crippen LogP contribution < -0.4 is 5.32 Å². The van der Waals surface area contributed by atoms with E-state index < -0.39 is 0 Å². The molecule has 0 radical (unpaired) electrons. The second-order valence-corrected chi connectivity index (χ2v) is 5.63. The van der Waals surface area contributed by atoms with Gasteiger partial charge in [-0.25, -0.2) is 0 Å². The molecule has 1 saturated heterocycles. The summed E-state index contributed by atoms with van der Waals surface area (Å²) in [4.78, 5) is 14.8. The van der Waals surface area contributed by atoms with Crippen LogP contribution in [-0.4, -0.2) is 36.5 Å². The standard InChI is InChI=1S/C17H22N2O2/c1-2-11-19(14-7-9-18-10-8-14)17(20)16-12-13-5-3-4-6-15(13)21-16/h3-6,12,14,18H,2,7-11H2,1H3. The van der Waals surface area contributed by atoms with Gasteiger partial charge in [0.1, 0.15) is 5.58 Å². The topological polar surface area (TPSA) is 45.5 Å². The molecule has 0 saturated carbocycles. The molecule has 21 heavy (non-hydrogen) atoms. The maximum Gasteiger partial charge on any atom is 0.289 e. The number of hydrogen-bond donors (Lipinski definition) is 1. The molecule has 112 valence electrons. The first-order valence-electron chi connectivity index (χ1n) is 7.80. The third-order valence-electron chi connectivity index (χ3n) is 4.11. The summed E-state index contributed by atoms with van der Waals surface area (Å²) in [6.07, 6.45) is 3.01. The Balaban J connectivity index is 1.85. The number of para-hydroxylation sites is 1. The fourth-order valence-corrected chi connectivity index (χ4v) is 3.04. The first-order valence-corrected chi connectivity index (χ1v) is 7.80. The van der Waals surface area contributed by atoms with E-state index in [0.717, 1.165) is 49.9 Å². The molecule has 4 heteroatoms. The van der Waals surface area contributed by atoms with Crippen LogP contribution in [-0.2, 0) is 0 Å². The van der Waals surface area contributed by atoms with Gasteiger partial charge >= 0.3 is 0 Å². The molecule has 0 aliphatic carbocycles. The number of piperidine rings is 1. The molecule has 1 aromatic heterocycles. The molecule has 2 heterocycles. The van der Waals surface area contributed by atoms with Gasteiger partial charge in [-0.3, -0.25) is 4.79 Å². The number of benzene rings is 1. The van der Waals surface area contributed by atoms with Crippen LogP contribution in [0.5, 0.6) is 0 Å². The number of fused-ring (bicyclic) bond motifs is 1. The van der Waals surface area contributed by atoms with Crippen molar-refractivity contribution in [1.29, 1.82) is 0 Å². The number of carbonyl (C=O) groups excluding carboxylic acids is 1. The summed E-state index contributed by atoms with van der Waals surface area (Å²) in [6, 6.07) is 9.96. The second kappa shape index (κ2) is 6.31. The van der Waals surface area contributed by atoms with Gasteiger partial charge in [-0.05, 0) is 44.5 Å². The summed E-state index contributed by atoms with van der Waals surface area (Å²) in [5.41, 5.74) is 0.780. The number of nitrogens with one attached hydrogen (secondary N) is 1. The molecule has 0 unspecified atom stereocenters. The van der Waals surface area contributed by atoms with E-state index in [9.17, 15) is 4.79 Å². The largest absolute Gasteiger partial charge is 0.451 e. The Bertz CT molecular complexity index is 581.